The number of carbonyl (C=O) groups excluding carboxylic acids is 1. The maximum absolute atomic E-state index is 11.7. The maximum atomic E-state index is 11.7. The van der Waals surface area contributed by atoms with Gasteiger partial charge < -0.3 is 15.2 Å². The van der Waals surface area contributed by atoms with Crippen molar-refractivity contribution in [1.29, 1.82) is 0 Å². The van der Waals surface area contributed by atoms with Crippen molar-refractivity contribution in [3.05, 3.63) is 16.1 Å². The smallest absolute Gasteiger partial charge is 0.355 e. The lowest BCUT2D eigenvalue weighted by Crippen LogP contribution is -2.31. The number of amides is 1. The first-order valence-electron chi connectivity index (χ1n) is 6.71. The second-order valence-corrected chi connectivity index (χ2v) is 5.67. The van der Waals surface area contributed by atoms with Crippen LogP contribution in [0, 0.1) is 0 Å². The van der Waals surface area contributed by atoms with Gasteiger partial charge in [0.05, 0.1) is 17.5 Å². The highest BCUT2D eigenvalue weighted by Gasteiger charge is 2.17. The SMILES string of the molecule is O=C(CC1CCCCO1)NCCc1nc(C(=O)O)cs1. The summed E-state index contributed by atoms with van der Waals surface area (Å²) in [5.74, 6) is -1.04. The van der Waals surface area contributed by atoms with Gasteiger partial charge in [0.1, 0.15) is 0 Å². The van der Waals surface area contributed by atoms with Crippen molar-refractivity contribution in [2.24, 2.45) is 0 Å². The Hall–Kier alpha value is -1.47. The molecule has 1 unspecified atom stereocenters. The van der Waals surface area contributed by atoms with Crippen molar-refractivity contribution in [1.82, 2.24) is 10.3 Å². The zero-order valence-electron chi connectivity index (χ0n) is 11.1. The highest BCUT2D eigenvalue weighted by atomic mass is 32.1. The molecule has 20 heavy (non-hydrogen) atoms. The number of nitrogens with zero attached hydrogens (tertiary/aromatic N) is 1. The number of carbonyl (C=O) groups is 2. The molecule has 1 aromatic heterocycles. The number of carboxylic acids is 1. The minimum atomic E-state index is -1.02. The van der Waals surface area contributed by atoms with Gasteiger partial charge in [-0.15, -0.1) is 11.3 Å². The van der Waals surface area contributed by atoms with E-state index >= 15 is 0 Å². The van der Waals surface area contributed by atoms with Gasteiger partial charge in [0.25, 0.3) is 0 Å². The molecule has 1 aliphatic heterocycles. The monoisotopic (exact) mass is 298 g/mol. The molecule has 2 heterocycles. The van der Waals surface area contributed by atoms with Crippen LogP contribution in [0.25, 0.3) is 0 Å². The Labute approximate surface area is 121 Å². The summed E-state index contributed by atoms with van der Waals surface area (Å²) in [6.07, 6.45) is 4.14. The van der Waals surface area contributed by atoms with Crippen LogP contribution in [0.5, 0.6) is 0 Å². The first-order chi connectivity index (χ1) is 9.65. The van der Waals surface area contributed by atoms with Gasteiger partial charge in [-0.2, -0.15) is 0 Å². The Kier molecular flexibility index (Phi) is 5.49. The predicted molar refractivity (Wildman–Crippen MR) is 74.0 cm³/mol. The summed E-state index contributed by atoms with van der Waals surface area (Å²) in [6, 6.07) is 0. The molecule has 2 N–H and O–H groups in total. The fourth-order valence-corrected chi connectivity index (χ4v) is 2.85. The molecule has 1 saturated heterocycles. The van der Waals surface area contributed by atoms with Crippen LogP contribution in [0.1, 0.15) is 41.2 Å². The molecule has 1 aromatic rings. The molecule has 0 aliphatic carbocycles. The number of hydrogen-bond donors (Lipinski definition) is 2. The second-order valence-electron chi connectivity index (χ2n) is 4.72. The Balaban J connectivity index is 1.66. The number of thiazole rings is 1. The van der Waals surface area contributed by atoms with Gasteiger partial charge in [0, 0.05) is 25.0 Å². The molecular formula is C13H18N2O4S. The van der Waals surface area contributed by atoms with Crippen molar-refractivity contribution in [3.8, 4) is 0 Å². The van der Waals surface area contributed by atoms with Crippen LogP contribution in [0.4, 0.5) is 0 Å². The van der Waals surface area contributed by atoms with Crippen molar-refractivity contribution in [2.45, 2.75) is 38.2 Å². The topological polar surface area (TPSA) is 88.5 Å². The number of aromatic carboxylic acids is 1. The van der Waals surface area contributed by atoms with E-state index in [1.807, 2.05) is 0 Å². The van der Waals surface area contributed by atoms with Crippen LogP contribution in [-0.4, -0.2) is 41.2 Å². The largest absolute Gasteiger partial charge is 0.476 e. The fraction of sp³-hybridized carbons (Fsp3) is 0.615. The van der Waals surface area contributed by atoms with E-state index in [-0.39, 0.29) is 17.7 Å². The molecule has 6 nitrogen and oxygen atoms in total. The van der Waals surface area contributed by atoms with Gasteiger partial charge in [0.15, 0.2) is 5.69 Å². The molecule has 110 valence electrons. The van der Waals surface area contributed by atoms with Crippen LogP contribution < -0.4 is 5.32 Å². The van der Waals surface area contributed by atoms with E-state index in [0.717, 1.165) is 30.9 Å². The number of hydrogen-bond acceptors (Lipinski definition) is 5. The number of carboxylic acid groups (broad SMARTS) is 1. The molecular weight excluding hydrogens is 280 g/mol. The molecule has 0 saturated carbocycles. The van der Waals surface area contributed by atoms with Crippen LogP contribution in [-0.2, 0) is 16.0 Å². The standard InChI is InChI=1S/C13H18N2O4S/c16-11(7-9-3-1-2-6-19-9)14-5-4-12-15-10(8-20-12)13(17)18/h8-9H,1-7H2,(H,14,16)(H,17,18). The summed E-state index contributed by atoms with van der Waals surface area (Å²) >= 11 is 1.30. The zero-order valence-corrected chi connectivity index (χ0v) is 11.9. The van der Waals surface area contributed by atoms with Crippen molar-refractivity contribution in [2.75, 3.05) is 13.2 Å². The van der Waals surface area contributed by atoms with Crippen molar-refractivity contribution < 1.29 is 19.4 Å². The number of nitrogens with one attached hydrogen (secondary N) is 1. The van der Waals surface area contributed by atoms with E-state index in [0.29, 0.717) is 19.4 Å². The normalized spacial score (nSPS) is 18.7. The third-order valence-electron chi connectivity index (χ3n) is 3.12. The van der Waals surface area contributed by atoms with Crippen molar-refractivity contribution >= 4 is 23.2 Å². The zero-order chi connectivity index (χ0) is 14.4. The maximum Gasteiger partial charge on any atom is 0.355 e. The van der Waals surface area contributed by atoms with E-state index in [9.17, 15) is 9.59 Å². The molecule has 1 fully saturated rings. The number of ether oxygens (including phenoxy) is 1. The van der Waals surface area contributed by atoms with Gasteiger partial charge in [-0.1, -0.05) is 0 Å². The molecule has 2 rings (SSSR count). The van der Waals surface area contributed by atoms with Gasteiger partial charge in [-0.25, -0.2) is 9.78 Å². The van der Waals surface area contributed by atoms with Crippen LogP contribution >= 0.6 is 11.3 Å². The first kappa shape index (κ1) is 14.9. The summed E-state index contributed by atoms with van der Waals surface area (Å²) in [5, 5.41) is 13.8. The molecule has 0 radical (unpaired) electrons. The van der Waals surface area contributed by atoms with Gasteiger partial charge in [-0.3, -0.25) is 4.79 Å². The minimum absolute atomic E-state index is 0.0214. The molecule has 1 amide bonds. The van der Waals surface area contributed by atoms with Crippen LogP contribution in [0.15, 0.2) is 5.38 Å². The Morgan fingerprint density at radius 1 is 1.50 bits per heavy atom. The van der Waals surface area contributed by atoms with E-state index in [1.165, 1.54) is 16.7 Å². The third-order valence-corrected chi connectivity index (χ3v) is 4.03. The Morgan fingerprint density at radius 3 is 3.00 bits per heavy atom. The molecule has 0 bridgehead atoms. The lowest BCUT2D eigenvalue weighted by molar-refractivity contribution is -0.124. The van der Waals surface area contributed by atoms with E-state index in [2.05, 4.69) is 10.3 Å². The summed E-state index contributed by atoms with van der Waals surface area (Å²) in [7, 11) is 0. The molecule has 0 aromatic carbocycles. The van der Waals surface area contributed by atoms with E-state index in [1.54, 1.807) is 0 Å². The summed E-state index contributed by atoms with van der Waals surface area (Å²) in [4.78, 5) is 26.4. The number of aromatic nitrogens is 1. The molecule has 7 heteroatoms. The van der Waals surface area contributed by atoms with Gasteiger partial charge >= 0.3 is 5.97 Å². The average molecular weight is 298 g/mol. The average Bonchev–Trinajstić information content (AvgIpc) is 2.89. The van der Waals surface area contributed by atoms with E-state index in [4.69, 9.17) is 9.84 Å². The Morgan fingerprint density at radius 2 is 2.35 bits per heavy atom. The first-order valence-corrected chi connectivity index (χ1v) is 7.59. The predicted octanol–water partition coefficient (Wildman–Crippen LogP) is 1.46. The third kappa shape index (κ3) is 4.57. The summed E-state index contributed by atoms with van der Waals surface area (Å²) in [5.41, 5.74) is 0.0620. The summed E-state index contributed by atoms with van der Waals surface area (Å²) in [6.45, 7) is 1.22. The molecule has 0 spiro atoms. The highest BCUT2D eigenvalue weighted by molar-refractivity contribution is 7.09. The van der Waals surface area contributed by atoms with Gasteiger partial charge in [-0.05, 0) is 19.3 Å². The summed E-state index contributed by atoms with van der Waals surface area (Å²) < 4.78 is 5.51. The highest BCUT2D eigenvalue weighted by Crippen LogP contribution is 2.15. The minimum Gasteiger partial charge on any atom is -0.476 e. The Bertz CT molecular complexity index is 469. The van der Waals surface area contributed by atoms with Crippen LogP contribution in [0.3, 0.4) is 0 Å². The van der Waals surface area contributed by atoms with Gasteiger partial charge in [0.2, 0.25) is 5.91 Å². The lowest BCUT2D eigenvalue weighted by atomic mass is 10.1. The fourth-order valence-electron chi connectivity index (χ4n) is 2.08. The lowest BCUT2D eigenvalue weighted by Gasteiger charge is -2.21. The van der Waals surface area contributed by atoms with Crippen molar-refractivity contribution in [3.63, 3.8) is 0 Å². The van der Waals surface area contributed by atoms with E-state index < -0.39 is 5.97 Å². The van der Waals surface area contributed by atoms with Crippen LogP contribution in [0.2, 0.25) is 0 Å². The second kappa shape index (κ2) is 7.35. The quantitative estimate of drug-likeness (QED) is 0.830. The molecule has 1 aliphatic rings. The number of rotatable bonds is 6. The molecule has 1 atom stereocenters.